The number of guanidine groups is 1. The molecule has 1 amide bonds. The van der Waals surface area contributed by atoms with Crippen LogP contribution < -0.4 is 16.0 Å². The highest BCUT2D eigenvalue weighted by Crippen LogP contribution is 2.20. The molecule has 1 aromatic heterocycles. The first-order valence-corrected chi connectivity index (χ1v) is 10.3. The van der Waals surface area contributed by atoms with Crippen LogP contribution in [0.1, 0.15) is 78.9 Å². The Hall–Kier alpha value is -1.59. The minimum atomic E-state index is -0.479. The molecule has 1 fully saturated rings. The molecule has 1 aromatic rings. The van der Waals surface area contributed by atoms with E-state index in [0.717, 1.165) is 25.7 Å². The summed E-state index contributed by atoms with van der Waals surface area (Å²) < 4.78 is 10.6. The maximum atomic E-state index is 11.9. The molecule has 2 rings (SSSR count). The average Bonchev–Trinajstić information content (AvgIpc) is 3.08. The molecule has 0 bridgehead atoms. The number of aliphatic imine (C=N–C) groups is 1. The van der Waals surface area contributed by atoms with Gasteiger partial charge in [0, 0.05) is 24.5 Å². The lowest BCUT2D eigenvalue weighted by molar-refractivity contribution is 0.0490. The van der Waals surface area contributed by atoms with Gasteiger partial charge in [-0.25, -0.2) is 4.79 Å². The summed E-state index contributed by atoms with van der Waals surface area (Å²) in [6, 6.07) is 0.446. The van der Waals surface area contributed by atoms with Gasteiger partial charge in [-0.1, -0.05) is 25.9 Å². The van der Waals surface area contributed by atoms with Crippen molar-refractivity contribution >= 4 is 36.0 Å². The highest BCUT2D eigenvalue weighted by Gasteiger charge is 2.25. The van der Waals surface area contributed by atoms with E-state index in [0.29, 0.717) is 30.3 Å². The van der Waals surface area contributed by atoms with Crippen molar-refractivity contribution in [2.75, 3.05) is 7.05 Å². The third-order valence-electron chi connectivity index (χ3n) is 4.54. The highest BCUT2D eigenvalue weighted by molar-refractivity contribution is 14.0. The minimum Gasteiger partial charge on any atom is -0.444 e. The number of nitrogens with zero attached hydrogens (tertiary/aromatic N) is 3. The number of carbonyl (C=O) groups is 1. The number of amides is 1. The Morgan fingerprint density at radius 3 is 2.13 bits per heavy atom. The first kappa shape index (κ1) is 26.4. The first-order valence-electron chi connectivity index (χ1n) is 10.3. The predicted octanol–water partition coefficient (Wildman–Crippen LogP) is 3.49. The van der Waals surface area contributed by atoms with E-state index in [1.54, 1.807) is 7.05 Å². The molecule has 3 N–H and O–H groups in total. The largest absolute Gasteiger partial charge is 0.444 e. The summed E-state index contributed by atoms with van der Waals surface area (Å²) in [5.41, 5.74) is -0.648. The van der Waals surface area contributed by atoms with E-state index in [1.165, 1.54) is 0 Å². The Kier molecular flexibility index (Phi) is 9.83. The Labute approximate surface area is 196 Å². The molecule has 1 saturated carbocycles. The van der Waals surface area contributed by atoms with Crippen LogP contribution in [0.25, 0.3) is 0 Å². The third-order valence-corrected chi connectivity index (χ3v) is 4.54. The van der Waals surface area contributed by atoms with Gasteiger partial charge in [0.15, 0.2) is 11.8 Å². The second-order valence-corrected chi connectivity index (χ2v) is 9.53. The van der Waals surface area contributed by atoms with Gasteiger partial charge in [-0.15, -0.1) is 24.0 Å². The summed E-state index contributed by atoms with van der Waals surface area (Å²) in [7, 11) is 1.74. The standard InChI is InChI=1S/C20H36N6O3.HI/c1-19(2,3)16-25-15(26-29-16)12-22-17(21-7)23-13-8-10-14(11-9-13)24-18(27)28-20(4,5)6;/h13-14H,8-12H2,1-7H3,(H,24,27)(H2,21,22,23);1H. The molecule has 1 aliphatic carbocycles. The molecule has 0 spiro atoms. The number of hydrogen-bond acceptors (Lipinski definition) is 6. The number of halogens is 1. The molecule has 9 nitrogen and oxygen atoms in total. The normalized spacial score (nSPS) is 20.2. The molecule has 0 aliphatic heterocycles. The van der Waals surface area contributed by atoms with Gasteiger partial charge < -0.3 is 25.2 Å². The average molecular weight is 536 g/mol. The maximum absolute atomic E-state index is 11.9. The summed E-state index contributed by atoms with van der Waals surface area (Å²) in [6.45, 7) is 12.1. The number of alkyl carbamates (subject to hydrolysis) is 1. The summed E-state index contributed by atoms with van der Waals surface area (Å²) in [6.07, 6.45) is 3.33. The van der Waals surface area contributed by atoms with Crippen LogP contribution in [0.5, 0.6) is 0 Å². The van der Waals surface area contributed by atoms with Crippen molar-refractivity contribution in [2.24, 2.45) is 4.99 Å². The van der Waals surface area contributed by atoms with Crippen LogP contribution in [0.4, 0.5) is 4.79 Å². The van der Waals surface area contributed by atoms with Gasteiger partial charge in [0.2, 0.25) is 5.89 Å². The van der Waals surface area contributed by atoms with Crippen LogP contribution in [0.15, 0.2) is 9.52 Å². The minimum absolute atomic E-state index is 0. The highest BCUT2D eigenvalue weighted by atomic mass is 127. The van der Waals surface area contributed by atoms with Crippen LogP contribution in [-0.4, -0.2) is 46.9 Å². The molecular formula is C20H37IN6O3. The lowest BCUT2D eigenvalue weighted by atomic mass is 9.91. The van der Waals surface area contributed by atoms with E-state index < -0.39 is 5.60 Å². The van der Waals surface area contributed by atoms with Gasteiger partial charge in [0.1, 0.15) is 5.60 Å². The number of ether oxygens (including phenoxy) is 1. The zero-order chi connectivity index (χ0) is 21.7. The van der Waals surface area contributed by atoms with Crippen molar-refractivity contribution in [2.45, 2.75) is 96.9 Å². The van der Waals surface area contributed by atoms with Crippen LogP contribution in [0.2, 0.25) is 0 Å². The summed E-state index contributed by atoms with van der Waals surface area (Å²) in [5.74, 6) is 1.92. The third kappa shape index (κ3) is 9.05. The lowest BCUT2D eigenvalue weighted by Gasteiger charge is -2.31. The van der Waals surface area contributed by atoms with E-state index in [1.807, 2.05) is 41.5 Å². The molecule has 0 unspecified atom stereocenters. The molecule has 0 atom stereocenters. The van der Waals surface area contributed by atoms with E-state index >= 15 is 0 Å². The molecule has 0 radical (unpaired) electrons. The van der Waals surface area contributed by atoms with Gasteiger partial charge in [-0.05, 0) is 46.5 Å². The van der Waals surface area contributed by atoms with E-state index in [4.69, 9.17) is 9.26 Å². The second-order valence-electron chi connectivity index (χ2n) is 9.53. The molecule has 1 heterocycles. The Morgan fingerprint density at radius 1 is 1.10 bits per heavy atom. The maximum Gasteiger partial charge on any atom is 0.407 e. The van der Waals surface area contributed by atoms with E-state index in [9.17, 15) is 4.79 Å². The number of hydrogen-bond donors (Lipinski definition) is 3. The van der Waals surface area contributed by atoms with Gasteiger partial charge in [0.05, 0.1) is 6.54 Å². The van der Waals surface area contributed by atoms with Crippen LogP contribution in [-0.2, 0) is 16.7 Å². The fraction of sp³-hybridized carbons (Fsp3) is 0.800. The van der Waals surface area contributed by atoms with Crippen molar-refractivity contribution < 1.29 is 14.1 Å². The number of rotatable bonds is 4. The Morgan fingerprint density at radius 2 is 1.67 bits per heavy atom. The van der Waals surface area contributed by atoms with Crippen molar-refractivity contribution in [1.82, 2.24) is 26.1 Å². The molecule has 0 aromatic carbocycles. The smallest absolute Gasteiger partial charge is 0.407 e. The molecule has 30 heavy (non-hydrogen) atoms. The number of aromatic nitrogens is 2. The molecule has 172 valence electrons. The molecule has 1 aliphatic rings. The summed E-state index contributed by atoms with van der Waals surface area (Å²) >= 11 is 0. The SMILES string of the molecule is CN=C(NCc1noc(C(C)(C)C)n1)NC1CCC(NC(=O)OC(C)(C)C)CC1.I. The lowest BCUT2D eigenvalue weighted by Crippen LogP contribution is -2.48. The zero-order valence-electron chi connectivity index (χ0n) is 19.2. The fourth-order valence-corrected chi connectivity index (χ4v) is 3.04. The van der Waals surface area contributed by atoms with Gasteiger partial charge in [-0.3, -0.25) is 4.99 Å². The van der Waals surface area contributed by atoms with E-state index in [-0.39, 0.29) is 41.5 Å². The quantitative estimate of drug-likeness (QED) is 0.307. The molecular weight excluding hydrogens is 499 g/mol. The van der Waals surface area contributed by atoms with Crippen molar-refractivity contribution in [3.63, 3.8) is 0 Å². The van der Waals surface area contributed by atoms with Gasteiger partial charge in [0.25, 0.3) is 0 Å². The van der Waals surface area contributed by atoms with Crippen LogP contribution >= 0.6 is 24.0 Å². The monoisotopic (exact) mass is 536 g/mol. The number of nitrogens with one attached hydrogen (secondary N) is 3. The second kappa shape index (κ2) is 11.1. The van der Waals surface area contributed by atoms with Crippen LogP contribution in [0, 0.1) is 0 Å². The Balaban J connectivity index is 0.00000450. The van der Waals surface area contributed by atoms with Gasteiger partial charge in [-0.2, -0.15) is 4.98 Å². The van der Waals surface area contributed by atoms with Crippen molar-refractivity contribution in [1.29, 1.82) is 0 Å². The first-order chi connectivity index (χ1) is 13.5. The topological polar surface area (TPSA) is 114 Å². The predicted molar refractivity (Wildman–Crippen MR) is 127 cm³/mol. The van der Waals surface area contributed by atoms with Crippen molar-refractivity contribution in [3.8, 4) is 0 Å². The van der Waals surface area contributed by atoms with Gasteiger partial charge >= 0.3 is 6.09 Å². The summed E-state index contributed by atoms with van der Waals surface area (Å²) in [5, 5.41) is 13.6. The van der Waals surface area contributed by atoms with E-state index in [2.05, 4.69) is 31.1 Å². The summed E-state index contributed by atoms with van der Waals surface area (Å²) in [4.78, 5) is 20.6. The molecule has 0 saturated heterocycles. The fourth-order valence-electron chi connectivity index (χ4n) is 3.04. The number of carbonyl (C=O) groups excluding carboxylic acids is 1. The zero-order valence-corrected chi connectivity index (χ0v) is 21.5. The van der Waals surface area contributed by atoms with Crippen LogP contribution in [0.3, 0.4) is 0 Å². The van der Waals surface area contributed by atoms with Crippen molar-refractivity contribution in [3.05, 3.63) is 11.7 Å². The molecule has 10 heteroatoms. The Bertz CT molecular complexity index is 700.